The molecule has 1 fully saturated rings. The summed E-state index contributed by atoms with van der Waals surface area (Å²) < 4.78 is 0. The average molecular weight is 303 g/mol. The van der Waals surface area contributed by atoms with Gasteiger partial charge in [-0.3, -0.25) is 9.69 Å². The van der Waals surface area contributed by atoms with Gasteiger partial charge in [0, 0.05) is 26.2 Å². The highest BCUT2D eigenvalue weighted by atomic mass is 16.1. The topological polar surface area (TPSA) is 58.4 Å². The van der Waals surface area contributed by atoms with E-state index < -0.39 is 0 Å². The van der Waals surface area contributed by atoms with E-state index in [1.54, 1.807) is 0 Å². The number of hydrogen-bond acceptors (Lipinski definition) is 3. The summed E-state index contributed by atoms with van der Waals surface area (Å²) in [5, 5.41) is 2.92. The molecule has 0 bridgehead atoms. The Morgan fingerprint density at radius 2 is 2.09 bits per heavy atom. The third-order valence-electron chi connectivity index (χ3n) is 4.37. The molecule has 0 spiro atoms. The molecule has 1 aliphatic rings. The maximum Gasteiger partial charge on any atom is 0.224 e. The highest BCUT2D eigenvalue weighted by Crippen LogP contribution is 2.20. The predicted octanol–water partition coefficient (Wildman–Crippen LogP) is 2.10. The lowest BCUT2D eigenvalue weighted by atomic mass is 9.96. The summed E-state index contributed by atoms with van der Waals surface area (Å²) in [7, 11) is 0. The molecule has 4 nitrogen and oxygen atoms in total. The van der Waals surface area contributed by atoms with Gasteiger partial charge in [0.15, 0.2) is 0 Å². The van der Waals surface area contributed by atoms with E-state index in [1.807, 2.05) is 0 Å². The van der Waals surface area contributed by atoms with Crippen molar-refractivity contribution >= 4 is 5.91 Å². The molecule has 4 heteroatoms. The van der Waals surface area contributed by atoms with Crippen LogP contribution in [0, 0.1) is 5.92 Å². The minimum atomic E-state index is 0.107. The van der Waals surface area contributed by atoms with E-state index in [-0.39, 0.29) is 11.8 Å². The molecule has 0 aliphatic carbocycles. The highest BCUT2D eigenvalue weighted by Gasteiger charge is 2.25. The summed E-state index contributed by atoms with van der Waals surface area (Å²) in [5.74, 6) is 0.834. The highest BCUT2D eigenvalue weighted by molar-refractivity contribution is 5.78. The predicted molar refractivity (Wildman–Crippen MR) is 90.6 cm³/mol. The Hall–Kier alpha value is -1.39. The van der Waals surface area contributed by atoms with Crippen LogP contribution >= 0.6 is 0 Å². The number of likely N-dealkylation sites (tertiary alicyclic amines) is 1. The van der Waals surface area contributed by atoms with Gasteiger partial charge in [0.1, 0.15) is 0 Å². The van der Waals surface area contributed by atoms with Crippen LogP contribution in [0.2, 0.25) is 0 Å². The van der Waals surface area contributed by atoms with Crippen LogP contribution in [-0.4, -0.2) is 37.0 Å². The number of amides is 1. The zero-order valence-corrected chi connectivity index (χ0v) is 13.8. The molecule has 1 amide bonds. The Morgan fingerprint density at radius 3 is 2.73 bits per heavy atom. The maximum atomic E-state index is 12.1. The second-order valence-electron chi connectivity index (χ2n) is 6.55. The molecule has 1 aromatic carbocycles. The molecule has 0 saturated carbocycles. The number of rotatable bonds is 6. The van der Waals surface area contributed by atoms with E-state index in [0.717, 1.165) is 32.5 Å². The Morgan fingerprint density at radius 1 is 1.36 bits per heavy atom. The average Bonchev–Trinajstić information content (AvgIpc) is 2.53. The van der Waals surface area contributed by atoms with Gasteiger partial charge in [-0.15, -0.1) is 0 Å². The Bertz CT molecular complexity index is 470. The first kappa shape index (κ1) is 17.0. The molecular weight excluding hydrogens is 274 g/mol. The van der Waals surface area contributed by atoms with E-state index >= 15 is 0 Å². The van der Waals surface area contributed by atoms with Gasteiger partial charge in [0.25, 0.3) is 0 Å². The number of piperidine rings is 1. The van der Waals surface area contributed by atoms with E-state index in [2.05, 4.69) is 48.3 Å². The molecule has 1 heterocycles. The van der Waals surface area contributed by atoms with Crippen LogP contribution in [0.3, 0.4) is 0 Å². The lowest BCUT2D eigenvalue weighted by molar-refractivity contribution is -0.126. The first-order valence-electron chi connectivity index (χ1n) is 8.39. The lowest BCUT2D eigenvalue weighted by Gasteiger charge is -2.32. The minimum Gasteiger partial charge on any atom is -0.355 e. The van der Waals surface area contributed by atoms with Gasteiger partial charge in [0.05, 0.1) is 5.92 Å². The number of benzene rings is 1. The largest absolute Gasteiger partial charge is 0.355 e. The summed E-state index contributed by atoms with van der Waals surface area (Å²) in [6.07, 6.45) is 2.07. The Labute approximate surface area is 134 Å². The third-order valence-corrected chi connectivity index (χ3v) is 4.37. The van der Waals surface area contributed by atoms with Gasteiger partial charge in [-0.2, -0.15) is 0 Å². The van der Waals surface area contributed by atoms with Gasteiger partial charge in [-0.25, -0.2) is 0 Å². The van der Waals surface area contributed by atoms with Crippen LogP contribution in [0.15, 0.2) is 24.3 Å². The number of nitrogens with one attached hydrogen (secondary N) is 1. The van der Waals surface area contributed by atoms with E-state index in [1.165, 1.54) is 11.1 Å². The molecule has 122 valence electrons. The van der Waals surface area contributed by atoms with E-state index in [0.29, 0.717) is 19.0 Å². The van der Waals surface area contributed by atoms with Crippen molar-refractivity contribution in [2.24, 2.45) is 11.7 Å². The van der Waals surface area contributed by atoms with Crippen molar-refractivity contribution in [3.05, 3.63) is 35.4 Å². The number of carbonyl (C=O) groups is 1. The monoisotopic (exact) mass is 303 g/mol. The summed E-state index contributed by atoms with van der Waals surface area (Å²) in [5.41, 5.74) is 8.15. The summed E-state index contributed by atoms with van der Waals surface area (Å²) in [6, 6.07) is 8.87. The third kappa shape index (κ3) is 4.82. The van der Waals surface area contributed by atoms with Crippen molar-refractivity contribution in [3.63, 3.8) is 0 Å². The molecular formula is C18H29N3O. The fourth-order valence-electron chi connectivity index (χ4n) is 3.02. The molecule has 1 aliphatic heterocycles. The minimum absolute atomic E-state index is 0.107. The summed E-state index contributed by atoms with van der Waals surface area (Å²) in [6.45, 7) is 8.36. The first-order valence-corrected chi connectivity index (χ1v) is 8.39. The van der Waals surface area contributed by atoms with E-state index in [4.69, 9.17) is 5.73 Å². The van der Waals surface area contributed by atoms with Crippen molar-refractivity contribution in [2.75, 3.05) is 26.2 Å². The van der Waals surface area contributed by atoms with Crippen LogP contribution in [0.4, 0.5) is 0 Å². The van der Waals surface area contributed by atoms with Gasteiger partial charge < -0.3 is 11.1 Å². The van der Waals surface area contributed by atoms with Crippen LogP contribution in [0.5, 0.6) is 0 Å². The van der Waals surface area contributed by atoms with E-state index in [9.17, 15) is 4.79 Å². The van der Waals surface area contributed by atoms with Gasteiger partial charge >= 0.3 is 0 Å². The van der Waals surface area contributed by atoms with Crippen LogP contribution in [0.1, 0.15) is 43.7 Å². The second kappa shape index (κ2) is 8.30. The molecule has 3 N–H and O–H groups in total. The van der Waals surface area contributed by atoms with Crippen LogP contribution in [-0.2, 0) is 11.3 Å². The molecule has 1 aromatic rings. The molecule has 1 atom stereocenters. The fraction of sp³-hybridized carbons (Fsp3) is 0.611. The molecule has 0 radical (unpaired) electrons. The summed E-state index contributed by atoms with van der Waals surface area (Å²) in [4.78, 5) is 14.5. The number of nitrogens with two attached hydrogens (primary N) is 1. The lowest BCUT2D eigenvalue weighted by Crippen LogP contribution is -2.43. The zero-order chi connectivity index (χ0) is 15.9. The molecule has 0 aromatic heterocycles. The molecule has 1 unspecified atom stereocenters. The Kier molecular flexibility index (Phi) is 6.40. The second-order valence-corrected chi connectivity index (χ2v) is 6.55. The SMILES string of the molecule is CC(C)c1ccc(CN2CCCC(C(=O)NCCN)C2)cc1. The van der Waals surface area contributed by atoms with Crippen LogP contribution in [0.25, 0.3) is 0 Å². The number of nitrogens with zero attached hydrogens (tertiary/aromatic N) is 1. The van der Waals surface area contributed by atoms with Gasteiger partial charge in [-0.1, -0.05) is 38.1 Å². The maximum absolute atomic E-state index is 12.1. The number of carbonyl (C=O) groups excluding carboxylic acids is 1. The Balaban J connectivity index is 1.88. The smallest absolute Gasteiger partial charge is 0.224 e. The zero-order valence-electron chi connectivity index (χ0n) is 13.8. The summed E-state index contributed by atoms with van der Waals surface area (Å²) >= 11 is 0. The van der Waals surface area contributed by atoms with Crippen molar-refractivity contribution < 1.29 is 4.79 Å². The molecule has 22 heavy (non-hydrogen) atoms. The standard InChI is InChI=1S/C18H29N3O/c1-14(2)16-7-5-15(6-8-16)12-21-11-3-4-17(13-21)18(22)20-10-9-19/h5-8,14,17H,3-4,9-13,19H2,1-2H3,(H,20,22). The fourth-order valence-corrected chi connectivity index (χ4v) is 3.02. The van der Waals surface area contributed by atoms with Crippen molar-refractivity contribution in [2.45, 2.75) is 39.2 Å². The van der Waals surface area contributed by atoms with Crippen molar-refractivity contribution in [3.8, 4) is 0 Å². The molecule has 1 saturated heterocycles. The number of hydrogen-bond donors (Lipinski definition) is 2. The van der Waals surface area contributed by atoms with Crippen LogP contribution < -0.4 is 11.1 Å². The van der Waals surface area contributed by atoms with Crippen molar-refractivity contribution in [1.29, 1.82) is 0 Å². The first-order chi connectivity index (χ1) is 10.6. The normalized spacial score (nSPS) is 19.4. The molecule has 2 rings (SSSR count). The van der Waals surface area contributed by atoms with Crippen molar-refractivity contribution in [1.82, 2.24) is 10.2 Å². The van der Waals surface area contributed by atoms with Gasteiger partial charge in [-0.05, 0) is 36.4 Å². The quantitative estimate of drug-likeness (QED) is 0.846. The van der Waals surface area contributed by atoms with Gasteiger partial charge in [0.2, 0.25) is 5.91 Å².